The molecule has 186 valence electrons. The van der Waals surface area contributed by atoms with Gasteiger partial charge in [0, 0.05) is 42.4 Å². The largest absolute Gasteiger partial charge is 0.396 e. The third-order valence-electron chi connectivity index (χ3n) is 6.68. The maximum absolute atomic E-state index is 11.1. The maximum Gasteiger partial charge on any atom is 0.269 e. The van der Waals surface area contributed by atoms with E-state index in [2.05, 4.69) is 32.5 Å². The molecule has 1 aromatic carbocycles. The second-order valence-electron chi connectivity index (χ2n) is 9.08. The third kappa shape index (κ3) is 4.56. The molecule has 2 aliphatic carbocycles. The standard InChI is InChI=1S/C22H27N7O5S/c1-2-6-35-22-24-20(23-15-9-14(15)11-4-3-5-13(7-11)29(33)34)17-21(25-22)28(27-26-17)16-8-12(10-30)18(31)19(16)32/h3-5,7,12,14-16,18-19,30-32H,2,6,8-10H2,1H3,(H,23,24,25). The van der Waals surface area contributed by atoms with Gasteiger partial charge in [-0.2, -0.15) is 0 Å². The zero-order chi connectivity index (χ0) is 24.7. The Bertz CT molecular complexity index is 1240. The van der Waals surface area contributed by atoms with Crippen molar-refractivity contribution in [2.24, 2.45) is 5.92 Å². The Labute approximate surface area is 204 Å². The molecule has 0 radical (unpaired) electrons. The molecule has 0 spiro atoms. The first kappa shape index (κ1) is 23.9. The van der Waals surface area contributed by atoms with Crippen LogP contribution in [0.4, 0.5) is 11.5 Å². The van der Waals surface area contributed by atoms with Crippen molar-refractivity contribution in [1.82, 2.24) is 25.0 Å². The summed E-state index contributed by atoms with van der Waals surface area (Å²) >= 11 is 1.50. The maximum atomic E-state index is 11.1. The van der Waals surface area contributed by atoms with Gasteiger partial charge in [-0.05, 0) is 24.8 Å². The van der Waals surface area contributed by atoms with E-state index in [0.717, 1.165) is 24.2 Å². The van der Waals surface area contributed by atoms with Crippen molar-refractivity contribution in [3.8, 4) is 0 Å². The van der Waals surface area contributed by atoms with Crippen molar-refractivity contribution < 1.29 is 20.2 Å². The van der Waals surface area contributed by atoms with Gasteiger partial charge in [0.05, 0.1) is 17.1 Å². The highest BCUT2D eigenvalue weighted by atomic mass is 32.2. The summed E-state index contributed by atoms with van der Waals surface area (Å²) in [5.74, 6) is 0.997. The number of fused-ring (bicyclic) bond motifs is 1. The summed E-state index contributed by atoms with van der Waals surface area (Å²) in [6.45, 7) is 1.83. The van der Waals surface area contributed by atoms with E-state index >= 15 is 0 Å². The highest BCUT2D eigenvalue weighted by Crippen LogP contribution is 2.44. The van der Waals surface area contributed by atoms with Gasteiger partial charge in [0.2, 0.25) is 0 Å². The van der Waals surface area contributed by atoms with Gasteiger partial charge in [-0.1, -0.05) is 36.0 Å². The van der Waals surface area contributed by atoms with Crippen LogP contribution in [0.2, 0.25) is 0 Å². The first-order chi connectivity index (χ1) is 16.9. The lowest BCUT2D eigenvalue weighted by Crippen LogP contribution is -2.30. The SMILES string of the molecule is CCCSc1nc(NC2CC2c2cccc([N+](=O)[O-])c2)c2nnn(C3CC(CO)C(O)C3O)c2n1. The number of hydrogen-bond donors (Lipinski definition) is 4. The number of aliphatic hydroxyl groups is 3. The fourth-order valence-corrected chi connectivity index (χ4v) is 5.38. The van der Waals surface area contributed by atoms with Crippen molar-refractivity contribution in [3.05, 3.63) is 39.9 Å². The molecular formula is C22H27N7O5S. The van der Waals surface area contributed by atoms with E-state index in [1.807, 2.05) is 6.07 Å². The monoisotopic (exact) mass is 501 g/mol. The minimum absolute atomic E-state index is 0.0296. The molecule has 2 aliphatic rings. The van der Waals surface area contributed by atoms with Gasteiger partial charge in [0.25, 0.3) is 5.69 Å². The topological polar surface area (TPSA) is 172 Å². The van der Waals surface area contributed by atoms with Gasteiger partial charge in [0.15, 0.2) is 22.1 Å². The zero-order valence-corrected chi connectivity index (χ0v) is 19.9. The molecule has 6 atom stereocenters. The number of benzene rings is 1. The molecule has 2 heterocycles. The predicted molar refractivity (Wildman–Crippen MR) is 128 cm³/mol. The molecule has 4 N–H and O–H groups in total. The molecule has 0 bridgehead atoms. The third-order valence-corrected chi connectivity index (χ3v) is 7.73. The van der Waals surface area contributed by atoms with Crippen LogP contribution in [0.25, 0.3) is 11.2 Å². The van der Waals surface area contributed by atoms with Gasteiger partial charge in [-0.15, -0.1) is 5.10 Å². The summed E-state index contributed by atoms with van der Waals surface area (Å²) in [4.78, 5) is 20.0. The molecule has 3 aromatic rings. The molecule has 0 aliphatic heterocycles. The normalized spacial score (nSPS) is 27.9. The molecule has 0 saturated heterocycles. The van der Waals surface area contributed by atoms with Gasteiger partial charge < -0.3 is 20.6 Å². The first-order valence-electron chi connectivity index (χ1n) is 11.6. The highest BCUT2D eigenvalue weighted by Gasteiger charge is 2.44. The smallest absolute Gasteiger partial charge is 0.269 e. The molecular weight excluding hydrogens is 474 g/mol. The molecule has 5 rings (SSSR count). The van der Waals surface area contributed by atoms with Crippen molar-refractivity contribution in [2.75, 3.05) is 17.7 Å². The Kier molecular flexibility index (Phi) is 6.57. The summed E-state index contributed by atoms with van der Waals surface area (Å²) in [5, 5.41) is 54.0. The number of nitrogens with zero attached hydrogens (tertiary/aromatic N) is 6. The fourth-order valence-electron chi connectivity index (χ4n) is 4.68. The van der Waals surface area contributed by atoms with Gasteiger partial charge in [0.1, 0.15) is 6.10 Å². The van der Waals surface area contributed by atoms with Crippen molar-refractivity contribution in [1.29, 1.82) is 0 Å². The minimum atomic E-state index is -1.10. The molecule has 6 unspecified atom stereocenters. The second kappa shape index (κ2) is 9.64. The van der Waals surface area contributed by atoms with E-state index < -0.39 is 29.1 Å². The number of nitro groups is 1. The number of rotatable bonds is 9. The number of anilines is 1. The van der Waals surface area contributed by atoms with Crippen LogP contribution >= 0.6 is 11.8 Å². The number of nitrogens with one attached hydrogen (secondary N) is 1. The van der Waals surface area contributed by atoms with Crippen molar-refractivity contribution in [3.63, 3.8) is 0 Å². The van der Waals surface area contributed by atoms with E-state index in [4.69, 9.17) is 0 Å². The van der Waals surface area contributed by atoms with Crippen LogP contribution in [0.15, 0.2) is 29.4 Å². The van der Waals surface area contributed by atoms with Crippen LogP contribution in [-0.4, -0.2) is 75.8 Å². The van der Waals surface area contributed by atoms with Crippen LogP contribution in [0.1, 0.15) is 43.7 Å². The Morgan fingerprint density at radius 2 is 2.09 bits per heavy atom. The summed E-state index contributed by atoms with van der Waals surface area (Å²) in [6, 6.07) is 6.12. The van der Waals surface area contributed by atoms with Crippen LogP contribution in [0.3, 0.4) is 0 Å². The number of hydrogen-bond acceptors (Lipinski definition) is 11. The lowest BCUT2D eigenvalue weighted by atomic mass is 10.1. The molecule has 35 heavy (non-hydrogen) atoms. The number of nitro benzene ring substituents is 1. The first-order valence-corrected chi connectivity index (χ1v) is 12.6. The quantitative estimate of drug-likeness (QED) is 0.146. The van der Waals surface area contributed by atoms with Gasteiger partial charge >= 0.3 is 0 Å². The van der Waals surface area contributed by atoms with E-state index in [9.17, 15) is 25.4 Å². The zero-order valence-electron chi connectivity index (χ0n) is 19.1. The van der Waals surface area contributed by atoms with Crippen LogP contribution in [-0.2, 0) is 0 Å². The average Bonchev–Trinajstić information content (AvgIpc) is 3.41. The number of aliphatic hydroxyl groups excluding tert-OH is 3. The summed E-state index contributed by atoms with van der Waals surface area (Å²) in [7, 11) is 0. The van der Waals surface area contributed by atoms with E-state index in [1.54, 1.807) is 12.1 Å². The number of aromatic nitrogens is 5. The van der Waals surface area contributed by atoms with E-state index in [-0.39, 0.29) is 24.3 Å². The molecule has 2 aromatic heterocycles. The predicted octanol–water partition coefficient (Wildman–Crippen LogP) is 1.87. The Balaban J connectivity index is 1.44. The van der Waals surface area contributed by atoms with E-state index in [0.29, 0.717) is 28.6 Å². The van der Waals surface area contributed by atoms with Gasteiger partial charge in [-0.25, -0.2) is 14.6 Å². The lowest BCUT2D eigenvalue weighted by Gasteiger charge is -2.17. The summed E-state index contributed by atoms with van der Waals surface area (Å²) in [5.41, 5.74) is 1.86. The van der Waals surface area contributed by atoms with Crippen LogP contribution < -0.4 is 5.32 Å². The van der Waals surface area contributed by atoms with E-state index in [1.165, 1.54) is 22.5 Å². The number of non-ortho nitro benzene ring substituents is 1. The van der Waals surface area contributed by atoms with Crippen molar-refractivity contribution >= 4 is 34.4 Å². The Hall–Kier alpha value is -2.87. The average molecular weight is 502 g/mol. The fraction of sp³-hybridized carbons (Fsp3) is 0.545. The number of thioether (sulfide) groups is 1. The highest BCUT2D eigenvalue weighted by molar-refractivity contribution is 7.99. The second-order valence-corrected chi connectivity index (χ2v) is 10.1. The molecule has 0 amide bonds. The van der Waals surface area contributed by atoms with Gasteiger partial charge in [-0.3, -0.25) is 10.1 Å². The minimum Gasteiger partial charge on any atom is -0.396 e. The van der Waals surface area contributed by atoms with Crippen LogP contribution in [0.5, 0.6) is 0 Å². The van der Waals surface area contributed by atoms with Crippen molar-refractivity contribution in [2.45, 2.75) is 61.6 Å². The molecule has 12 nitrogen and oxygen atoms in total. The Morgan fingerprint density at radius 1 is 1.26 bits per heavy atom. The molecule has 13 heteroatoms. The molecule has 2 fully saturated rings. The summed E-state index contributed by atoms with van der Waals surface area (Å²) < 4.78 is 1.52. The summed E-state index contributed by atoms with van der Waals surface area (Å²) in [6.07, 6.45) is -0.0741. The van der Waals surface area contributed by atoms with Crippen LogP contribution in [0, 0.1) is 16.0 Å². The lowest BCUT2D eigenvalue weighted by molar-refractivity contribution is -0.384. The molecule has 2 saturated carbocycles. The Morgan fingerprint density at radius 3 is 2.80 bits per heavy atom.